The predicted octanol–water partition coefficient (Wildman–Crippen LogP) is 3.43. The van der Waals surface area contributed by atoms with Crippen LogP contribution in [0.3, 0.4) is 0 Å². The monoisotopic (exact) mass is 387 g/mol. The maximum Gasteiger partial charge on any atom is 0.255 e. The van der Waals surface area contributed by atoms with Crippen LogP contribution in [0.25, 0.3) is 0 Å². The van der Waals surface area contributed by atoms with Crippen LogP contribution in [-0.2, 0) is 0 Å². The summed E-state index contributed by atoms with van der Waals surface area (Å²) >= 11 is 0. The first kappa shape index (κ1) is 20.9. The van der Waals surface area contributed by atoms with Crippen LogP contribution in [0.4, 0.5) is 5.69 Å². The van der Waals surface area contributed by atoms with Crippen LogP contribution in [0.2, 0.25) is 0 Å². The van der Waals surface area contributed by atoms with Gasteiger partial charge in [-0.1, -0.05) is 18.2 Å². The van der Waals surface area contributed by atoms with E-state index in [1.807, 2.05) is 30.1 Å². The van der Waals surface area contributed by atoms with Crippen LogP contribution in [0.5, 0.6) is 0 Å². The average molecular weight is 388 g/mol. The van der Waals surface area contributed by atoms with Crippen molar-refractivity contribution < 1.29 is 9.59 Å². The molecule has 1 saturated heterocycles. The van der Waals surface area contributed by atoms with Gasteiger partial charge in [0, 0.05) is 29.9 Å². The summed E-state index contributed by atoms with van der Waals surface area (Å²) in [7, 11) is 1.95. The van der Waals surface area contributed by atoms with Gasteiger partial charge >= 0.3 is 0 Å². The van der Waals surface area contributed by atoms with Crippen LogP contribution in [-0.4, -0.2) is 43.4 Å². The van der Waals surface area contributed by atoms with Crippen LogP contribution in [0.1, 0.15) is 33.6 Å². The first-order chi connectivity index (χ1) is 12.7. The molecule has 1 unspecified atom stereocenters. The molecule has 6 heteroatoms. The first-order valence-corrected chi connectivity index (χ1v) is 9.07. The minimum absolute atomic E-state index is 0. The van der Waals surface area contributed by atoms with Gasteiger partial charge in [0.15, 0.2) is 0 Å². The molecule has 0 aliphatic carbocycles. The Bertz CT molecular complexity index is 748. The number of hydrogen-bond acceptors (Lipinski definition) is 3. The summed E-state index contributed by atoms with van der Waals surface area (Å²) in [6.07, 6.45) is 2.21. The Balaban J connectivity index is 0.00000261. The van der Waals surface area contributed by atoms with Crippen LogP contribution in [0.15, 0.2) is 54.6 Å². The van der Waals surface area contributed by atoms with Gasteiger partial charge in [-0.2, -0.15) is 0 Å². The third-order valence-corrected chi connectivity index (χ3v) is 4.72. The van der Waals surface area contributed by atoms with Crippen molar-refractivity contribution in [2.75, 3.05) is 32.0 Å². The first-order valence-electron chi connectivity index (χ1n) is 9.07. The third-order valence-electron chi connectivity index (χ3n) is 4.72. The molecule has 2 aromatic carbocycles. The predicted molar refractivity (Wildman–Crippen MR) is 111 cm³/mol. The topological polar surface area (TPSA) is 61.4 Å². The summed E-state index contributed by atoms with van der Waals surface area (Å²) in [4.78, 5) is 26.8. The number of carbonyl (C=O) groups excluding carboxylic acids is 2. The fourth-order valence-corrected chi connectivity index (χ4v) is 3.38. The number of hydrogen-bond donors (Lipinski definition) is 2. The van der Waals surface area contributed by atoms with E-state index >= 15 is 0 Å². The number of nitrogens with one attached hydrogen (secondary N) is 2. The van der Waals surface area contributed by atoms with Gasteiger partial charge in [-0.3, -0.25) is 9.59 Å². The van der Waals surface area contributed by atoms with Gasteiger partial charge < -0.3 is 15.5 Å². The van der Waals surface area contributed by atoms with Crippen LogP contribution >= 0.6 is 12.4 Å². The molecule has 2 aromatic rings. The lowest BCUT2D eigenvalue weighted by atomic mass is 9.97. The third kappa shape index (κ3) is 5.55. The van der Waals surface area contributed by atoms with Gasteiger partial charge in [-0.25, -0.2) is 0 Å². The molecule has 0 spiro atoms. The summed E-state index contributed by atoms with van der Waals surface area (Å²) in [5.74, 6) is 0.421. The molecule has 1 aliphatic heterocycles. The highest BCUT2D eigenvalue weighted by atomic mass is 35.5. The van der Waals surface area contributed by atoms with Crippen molar-refractivity contribution in [3.8, 4) is 0 Å². The molecule has 0 bridgehead atoms. The van der Waals surface area contributed by atoms with E-state index in [0.717, 1.165) is 32.5 Å². The number of carbonyl (C=O) groups is 2. The second-order valence-corrected chi connectivity index (χ2v) is 6.71. The van der Waals surface area contributed by atoms with Crippen molar-refractivity contribution in [1.29, 1.82) is 0 Å². The fourth-order valence-electron chi connectivity index (χ4n) is 3.38. The lowest BCUT2D eigenvalue weighted by molar-refractivity contribution is 0.0674. The number of likely N-dealkylation sites (tertiary alicyclic amines) is 1. The van der Waals surface area contributed by atoms with Gasteiger partial charge in [0.25, 0.3) is 11.8 Å². The zero-order valence-electron chi connectivity index (χ0n) is 15.5. The van der Waals surface area contributed by atoms with E-state index in [0.29, 0.717) is 22.7 Å². The van der Waals surface area contributed by atoms with Crippen molar-refractivity contribution in [3.63, 3.8) is 0 Å². The summed E-state index contributed by atoms with van der Waals surface area (Å²) < 4.78 is 0. The molecule has 0 saturated carbocycles. The Kier molecular flexibility index (Phi) is 7.82. The Labute approximate surface area is 166 Å². The number of halogens is 1. The van der Waals surface area contributed by atoms with E-state index in [1.165, 1.54) is 0 Å². The Hall–Kier alpha value is -2.37. The molecule has 2 amide bonds. The molecule has 5 nitrogen and oxygen atoms in total. The summed E-state index contributed by atoms with van der Waals surface area (Å²) in [6.45, 7) is 2.55. The highest BCUT2D eigenvalue weighted by Gasteiger charge is 2.24. The lowest BCUT2D eigenvalue weighted by Crippen LogP contribution is -2.42. The van der Waals surface area contributed by atoms with E-state index < -0.39 is 0 Å². The molecule has 0 aromatic heterocycles. The number of amides is 2. The second kappa shape index (κ2) is 10.1. The molecule has 0 radical (unpaired) electrons. The van der Waals surface area contributed by atoms with Gasteiger partial charge in [-0.05, 0) is 68.8 Å². The van der Waals surface area contributed by atoms with E-state index in [2.05, 4.69) is 10.6 Å². The maximum atomic E-state index is 12.7. The highest BCUT2D eigenvalue weighted by molar-refractivity contribution is 6.04. The smallest absolute Gasteiger partial charge is 0.255 e. The normalized spacial score (nSPS) is 16.3. The molecule has 144 valence electrons. The Morgan fingerprint density at radius 3 is 2.41 bits per heavy atom. The molecule has 3 rings (SSSR count). The SMILES string of the molecule is CNCC1CCCN(C(=O)c2ccc(NC(=O)c3ccccc3)cc2)C1.Cl. The Morgan fingerprint density at radius 1 is 1.04 bits per heavy atom. The minimum atomic E-state index is -0.157. The molecular formula is C21H26ClN3O2. The lowest BCUT2D eigenvalue weighted by Gasteiger charge is -2.32. The van der Waals surface area contributed by atoms with Gasteiger partial charge in [-0.15, -0.1) is 12.4 Å². The van der Waals surface area contributed by atoms with Crippen molar-refractivity contribution in [2.24, 2.45) is 5.92 Å². The highest BCUT2D eigenvalue weighted by Crippen LogP contribution is 2.19. The van der Waals surface area contributed by atoms with E-state index in [-0.39, 0.29) is 24.2 Å². The van der Waals surface area contributed by atoms with Crippen LogP contribution in [0, 0.1) is 5.92 Å². The molecule has 1 atom stereocenters. The van der Waals surface area contributed by atoms with Gasteiger partial charge in [0.2, 0.25) is 0 Å². The quantitative estimate of drug-likeness (QED) is 0.826. The maximum absolute atomic E-state index is 12.7. The van der Waals surface area contributed by atoms with Crippen molar-refractivity contribution in [3.05, 3.63) is 65.7 Å². The van der Waals surface area contributed by atoms with E-state index in [4.69, 9.17) is 0 Å². The number of rotatable bonds is 5. The number of anilines is 1. The second-order valence-electron chi connectivity index (χ2n) is 6.71. The van der Waals surface area contributed by atoms with E-state index in [1.54, 1.807) is 36.4 Å². The summed E-state index contributed by atoms with van der Waals surface area (Å²) in [6, 6.07) is 16.2. The van der Waals surface area contributed by atoms with Gasteiger partial charge in [0.1, 0.15) is 0 Å². The largest absolute Gasteiger partial charge is 0.338 e. The van der Waals surface area contributed by atoms with Crippen LogP contribution < -0.4 is 10.6 Å². The van der Waals surface area contributed by atoms with Crippen molar-refractivity contribution in [1.82, 2.24) is 10.2 Å². The number of nitrogens with zero attached hydrogens (tertiary/aromatic N) is 1. The number of benzene rings is 2. The van der Waals surface area contributed by atoms with E-state index in [9.17, 15) is 9.59 Å². The minimum Gasteiger partial charge on any atom is -0.338 e. The molecule has 1 aliphatic rings. The molecular weight excluding hydrogens is 362 g/mol. The molecule has 1 fully saturated rings. The van der Waals surface area contributed by atoms with Crippen molar-refractivity contribution >= 4 is 29.9 Å². The zero-order valence-corrected chi connectivity index (χ0v) is 16.3. The zero-order chi connectivity index (χ0) is 18.4. The van der Waals surface area contributed by atoms with Gasteiger partial charge in [0.05, 0.1) is 0 Å². The summed E-state index contributed by atoms with van der Waals surface area (Å²) in [5.41, 5.74) is 1.95. The molecule has 2 N–H and O–H groups in total. The van der Waals surface area contributed by atoms with Crippen molar-refractivity contribution in [2.45, 2.75) is 12.8 Å². The average Bonchev–Trinajstić information content (AvgIpc) is 2.69. The Morgan fingerprint density at radius 2 is 1.74 bits per heavy atom. The fraction of sp³-hybridized carbons (Fsp3) is 0.333. The molecule has 1 heterocycles. The summed E-state index contributed by atoms with van der Waals surface area (Å²) in [5, 5.41) is 6.05. The number of piperidine rings is 1. The standard InChI is InChI=1S/C21H25N3O2.ClH/c1-22-14-16-6-5-13-24(15-16)21(26)18-9-11-19(12-10-18)23-20(25)17-7-3-2-4-8-17;/h2-4,7-12,16,22H,5-6,13-15H2,1H3,(H,23,25);1H. The molecule has 27 heavy (non-hydrogen) atoms.